The third kappa shape index (κ3) is 5.35. The second-order valence-electron chi connectivity index (χ2n) is 7.76. The number of rotatable bonds is 9. The third-order valence-electron chi connectivity index (χ3n) is 5.49. The number of anilines is 2. The molecule has 1 saturated heterocycles. The van der Waals surface area contributed by atoms with Crippen LogP contribution in [0.3, 0.4) is 0 Å². The number of carbonyl (C=O) groups is 1. The molecule has 0 radical (unpaired) electrons. The van der Waals surface area contributed by atoms with Crippen molar-refractivity contribution in [2.24, 2.45) is 0 Å². The Balaban J connectivity index is 1.37. The van der Waals surface area contributed by atoms with E-state index < -0.39 is 0 Å². The second kappa shape index (κ2) is 10.4. The Morgan fingerprint density at radius 1 is 1.19 bits per heavy atom. The molecule has 0 bridgehead atoms. The van der Waals surface area contributed by atoms with Gasteiger partial charge in [-0.15, -0.1) is 10.2 Å². The average molecular weight is 440 g/mol. The number of nitrogens with one attached hydrogen (secondary N) is 1. The van der Waals surface area contributed by atoms with Gasteiger partial charge in [0.15, 0.2) is 5.76 Å². The standard InChI is InChI=1S/C23H29N5O4/c1-3-10-28(16-21-25-26-23(32-21)20-5-4-13-31-20)17(2)22(29)24-18-6-8-19(9-7-18)27-11-14-30-15-12-27/h4-9,13,17H,3,10-12,14-16H2,1-2H3,(H,24,29)/t17-/m1/s1. The molecule has 32 heavy (non-hydrogen) atoms. The van der Waals surface area contributed by atoms with Crippen molar-refractivity contribution in [3.63, 3.8) is 0 Å². The summed E-state index contributed by atoms with van der Waals surface area (Å²) in [7, 11) is 0. The van der Waals surface area contributed by atoms with Crippen LogP contribution < -0.4 is 10.2 Å². The van der Waals surface area contributed by atoms with E-state index in [1.54, 1.807) is 18.4 Å². The van der Waals surface area contributed by atoms with E-state index in [1.807, 2.05) is 36.1 Å². The van der Waals surface area contributed by atoms with E-state index in [2.05, 4.69) is 27.3 Å². The number of aromatic nitrogens is 2. The second-order valence-corrected chi connectivity index (χ2v) is 7.76. The first kappa shape index (κ1) is 22.0. The van der Waals surface area contributed by atoms with E-state index in [9.17, 15) is 4.79 Å². The van der Waals surface area contributed by atoms with Crippen LogP contribution in [-0.4, -0.2) is 59.9 Å². The van der Waals surface area contributed by atoms with Crippen LogP contribution in [0.1, 0.15) is 26.2 Å². The number of nitrogens with zero attached hydrogens (tertiary/aromatic N) is 4. The molecule has 1 fully saturated rings. The van der Waals surface area contributed by atoms with Crippen LogP contribution in [-0.2, 0) is 16.1 Å². The molecule has 0 unspecified atom stereocenters. The van der Waals surface area contributed by atoms with Crippen LogP contribution in [0.5, 0.6) is 0 Å². The monoisotopic (exact) mass is 439 g/mol. The summed E-state index contributed by atoms with van der Waals surface area (Å²) in [6.07, 6.45) is 2.45. The predicted molar refractivity (Wildman–Crippen MR) is 120 cm³/mol. The summed E-state index contributed by atoms with van der Waals surface area (Å²) in [5.74, 6) is 1.22. The average Bonchev–Trinajstić information content (AvgIpc) is 3.51. The molecule has 4 rings (SSSR count). The molecular weight excluding hydrogens is 410 g/mol. The van der Waals surface area contributed by atoms with E-state index in [-0.39, 0.29) is 11.9 Å². The number of benzene rings is 1. The van der Waals surface area contributed by atoms with Gasteiger partial charge >= 0.3 is 0 Å². The number of carbonyl (C=O) groups excluding carboxylic acids is 1. The molecule has 9 nitrogen and oxygen atoms in total. The van der Waals surface area contributed by atoms with Gasteiger partial charge < -0.3 is 23.8 Å². The zero-order valence-corrected chi connectivity index (χ0v) is 18.5. The molecule has 170 valence electrons. The van der Waals surface area contributed by atoms with Crippen LogP contribution in [0.25, 0.3) is 11.7 Å². The van der Waals surface area contributed by atoms with Gasteiger partial charge in [-0.2, -0.15) is 0 Å². The summed E-state index contributed by atoms with van der Waals surface area (Å²) in [5, 5.41) is 11.2. The smallest absolute Gasteiger partial charge is 0.283 e. The van der Waals surface area contributed by atoms with Gasteiger partial charge in [0, 0.05) is 24.5 Å². The van der Waals surface area contributed by atoms with Crippen molar-refractivity contribution in [2.75, 3.05) is 43.1 Å². The molecule has 0 saturated carbocycles. The predicted octanol–water partition coefficient (Wildman–Crippen LogP) is 3.41. The fraction of sp³-hybridized carbons (Fsp3) is 0.435. The van der Waals surface area contributed by atoms with Crippen molar-refractivity contribution < 1.29 is 18.4 Å². The van der Waals surface area contributed by atoms with E-state index in [0.717, 1.165) is 50.6 Å². The van der Waals surface area contributed by atoms with Crippen LogP contribution >= 0.6 is 0 Å². The Labute approximate surface area is 187 Å². The molecule has 2 aromatic heterocycles. The minimum absolute atomic E-state index is 0.0802. The lowest BCUT2D eigenvalue weighted by molar-refractivity contribution is -0.121. The molecule has 1 amide bonds. The SMILES string of the molecule is CCCN(Cc1nnc(-c2ccco2)o1)[C@H](C)C(=O)Nc1ccc(N2CCOCC2)cc1. The quantitative estimate of drug-likeness (QED) is 0.542. The van der Waals surface area contributed by atoms with Crippen LogP contribution in [0, 0.1) is 0 Å². The highest BCUT2D eigenvalue weighted by Gasteiger charge is 2.23. The minimum atomic E-state index is -0.368. The van der Waals surface area contributed by atoms with Crippen molar-refractivity contribution in [3.05, 3.63) is 48.6 Å². The largest absolute Gasteiger partial charge is 0.459 e. The Morgan fingerprint density at radius 3 is 2.66 bits per heavy atom. The fourth-order valence-electron chi connectivity index (χ4n) is 3.68. The maximum atomic E-state index is 12.9. The van der Waals surface area contributed by atoms with Crippen LogP contribution in [0.2, 0.25) is 0 Å². The number of furan rings is 1. The summed E-state index contributed by atoms with van der Waals surface area (Å²) in [6.45, 7) is 8.31. The zero-order chi connectivity index (χ0) is 22.3. The summed E-state index contributed by atoms with van der Waals surface area (Å²) < 4.78 is 16.4. The first-order valence-corrected chi connectivity index (χ1v) is 11.0. The maximum absolute atomic E-state index is 12.9. The van der Waals surface area contributed by atoms with E-state index in [1.165, 1.54) is 0 Å². The molecule has 9 heteroatoms. The fourth-order valence-corrected chi connectivity index (χ4v) is 3.68. The normalized spacial score (nSPS) is 15.2. The molecule has 1 aromatic carbocycles. The van der Waals surface area contributed by atoms with Crippen molar-refractivity contribution in [2.45, 2.75) is 32.9 Å². The molecule has 1 aliphatic heterocycles. The molecule has 1 N–H and O–H groups in total. The van der Waals surface area contributed by atoms with Gasteiger partial charge in [-0.3, -0.25) is 9.69 Å². The third-order valence-corrected chi connectivity index (χ3v) is 5.49. The number of hydrogen-bond acceptors (Lipinski definition) is 8. The van der Waals surface area contributed by atoms with E-state index >= 15 is 0 Å². The van der Waals surface area contributed by atoms with Gasteiger partial charge in [0.05, 0.1) is 32.1 Å². The first-order chi connectivity index (χ1) is 15.6. The van der Waals surface area contributed by atoms with Gasteiger partial charge in [0.25, 0.3) is 5.89 Å². The lowest BCUT2D eigenvalue weighted by Crippen LogP contribution is -2.42. The number of amides is 1. The number of ether oxygens (including phenoxy) is 1. The zero-order valence-electron chi connectivity index (χ0n) is 18.5. The lowest BCUT2D eigenvalue weighted by Gasteiger charge is -2.29. The van der Waals surface area contributed by atoms with Crippen molar-refractivity contribution >= 4 is 17.3 Å². The maximum Gasteiger partial charge on any atom is 0.283 e. The van der Waals surface area contributed by atoms with E-state index in [4.69, 9.17) is 13.6 Å². The molecular formula is C23H29N5O4. The minimum Gasteiger partial charge on any atom is -0.459 e. The summed E-state index contributed by atoms with van der Waals surface area (Å²) in [5.41, 5.74) is 1.91. The van der Waals surface area contributed by atoms with E-state index in [0.29, 0.717) is 24.1 Å². The van der Waals surface area contributed by atoms with Gasteiger partial charge in [0.2, 0.25) is 11.8 Å². The topological polar surface area (TPSA) is 96.9 Å². The Kier molecular flexibility index (Phi) is 7.18. The van der Waals surface area contributed by atoms with Gasteiger partial charge in [0.1, 0.15) is 0 Å². The van der Waals surface area contributed by atoms with Crippen molar-refractivity contribution in [1.29, 1.82) is 0 Å². The van der Waals surface area contributed by atoms with Crippen molar-refractivity contribution in [1.82, 2.24) is 15.1 Å². The van der Waals surface area contributed by atoms with Crippen LogP contribution in [0.4, 0.5) is 11.4 Å². The Hall–Kier alpha value is -3.17. The first-order valence-electron chi connectivity index (χ1n) is 11.0. The highest BCUT2D eigenvalue weighted by Crippen LogP contribution is 2.21. The number of morpholine rings is 1. The summed E-state index contributed by atoms with van der Waals surface area (Å²) >= 11 is 0. The molecule has 1 atom stereocenters. The summed E-state index contributed by atoms with van der Waals surface area (Å²) in [4.78, 5) is 17.2. The molecule has 1 aliphatic rings. The Bertz CT molecular complexity index is 980. The van der Waals surface area contributed by atoms with Gasteiger partial charge in [-0.1, -0.05) is 6.92 Å². The lowest BCUT2D eigenvalue weighted by atomic mass is 10.2. The van der Waals surface area contributed by atoms with Gasteiger partial charge in [-0.25, -0.2) is 0 Å². The molecule has 3 aromatic rings. The van der Waals surface area contributed by atoms with Crippen LogP contribution in [0.15, 0.2) is 51.5 Å². The molecule has 0 aliphatic carbocycles. The van der Waals surface area contributed by atoms with Crippen molar-refractivity contribution in [3.8, 4) is 11.7 Å². The highest BCUT2D eigenvalue weighted by atomic mass is 16.5. The molecule has 3 heterocycles. The number of hydrogen-bond donors (Lipinski definition) is 1. The molecule has 0 spiro atoms. The summed E-state index contributed by atoms with van der Waals surface area (Å²) in [6, 6.07) is 11.1. The van der Waals surface area contributed by atoms with Gasteiger partial charge in [-0.05, 0) is 56.3 Å². The Morgan fingerprint density at radius 2 is 1.97 bits per heavy atom. The highest BCUT2D eigenvalue weighted by molar-refractivity contribution is 5.94.